The summed E-state index contributed by atoms with van der Waals surface area (Å²) in [5.74, 6) is 1.80. The van der Waals surface area contributed by atoms with E-state index in [-0.39, 0.29) is 0 Å². The third kappa shape index (κ3) is 5.34. The lowest BCUT2D eigenvalue weighted by atomic mass is 10.0. The van der Waals surface area contributed by atoms with E-state index in [0.29, 0.717) is 6.54 Å². The first-order valence-electron chi connectivity index (χ1n) is 10.7. The van der Waals surface area contributed by atoms with Gasteiger partial charge in [0.15, 0.2) is 5.96 Å². The highest BCUT2D eigenvalue weighted by Gasteiger charge is 2.15. The van der Waals surface area contributed by atoms with Crippen LogP contribution < -0.4 is 10.6 Å². The molecule has 0 saturated heterocycles. The largest absolute Gasteiger partial charge is 0.361 e. The number of guanidine groups is 1. The number of aryl methyl sites for hydroxylation is 5. The highest BCUT2D eigenvalue weighted by molar-refractivity contribution is 7.11. The number of hydrogen-bond donors (Lipinski definition) is 2. The Bertz CT molecular complexity index is 735. The highest BCUT2D eigenvalue weighted by atomic mass is 32.1. The van der Waals surface area contributed by atoms with Crippen molar-refractivity contribution in [1.29, 1.82) is 0 Å². The Morgan fingerprint density at radius 1 is 1.14 bits per heavy atom. The van der Waals surface area contributed by atoms with Crippen molar-refractivity contribution in [2.24, 2.45) is 4.99 Å². The van der Waals surface area contributed by atoms with Gasteiger partial charge in [0.1, 0.15) is 5.76 Å². The van der Waals surface area contributed by atoms with Gasteiger partial charge in [-0.05, 0) is 45.4 Å². The fraction of sp³-hybridized carbons (Fsp3) is 0.667. The maximum atomic E-state index is 5.44. The summed E-state index contributed by atoms with van der Waals surface area (Å²) in [6.45, 7) is 8.62. The molecule has 1 aliphatic rings. The second-order valence-electron chi connectivity index (χ2n) is 7.15. The molecule has 0 amide bonds. The third-order valence-corrected chi connectivity index (χ3v) is 6.31. The maximum absolute atomic E-state index is 5.44. The lowest BCUT2D eigenvalue weighted by Crippen LogP contribution is -2.37. The Kier molecular flexibility index (Phi) is 7.89. The zero-order valence-corrected chi connectivity index (χ0v) is 18.3. The lowest BCUT2D eigenvalue weighted by Gasteiger charge is -2.11. The van der Waals surface area contributed by atoms with E-state index in [1.165, 1.54) is 41.3 Å². The molecule has 28 heavy (non-hydrogen) atoms. The second kappa shape index (κ2) is 10.6. The molecule has 0 bridgehead atoms. The number of aliphatic imine (C=N–C) groups is 1. The Morgan fingerprint density at radius 3 is 2.75 bits per heavy atom. The Morgan fingerprint density at radius 2 is 2.00 bits per heavy atom. The summed E-state index contributed by atoms with van der Waals surface area (Å²) in [5.41, 5.74) is 3.51. The second-order valence-corrected chi connectivity index (χ2v) is 8.32. The van der Waals surface area contributed by atoms with Crippen molar-refractivity contribution >= 4 is 17.3 Å². The Balaban J connectivity index is 1.51. The summed E-state index contributed by atoms with van der Waals surface area (Å²) in [6, 6.07) is 0. The normalized spacial score (nSPS) is 14.2. The molecule has 0 fully saturated rings. The topological polar surface area (TPSA) is 75.3 Å². The molecule has 2 N–H and O–H groups in total. The molecule has 0 saturated carbocycles. The number of thiazole rings is 1. The number of nitrogens with one attached hydrogen (secondary N) is 2. The summed E-state index contributed by atoms with van der Waals surface area (Å²) >= 11 is 1.92. The van der Waals surface area contributed by atoms with Crippen molar-refractivity contribution in [2.45, 2.75) is 78.7 Å². The van der Waals surface area contributed by atoms with E-state index >= 15 is 0 Å². The van der Waals surface area contributed by atoms with Crippen LogP contribution in [0, 0.1) is 0 Å². The van der Waals surface area contributed by atoms with Gasteiger partial charge in [-0.1, -0.05) is 19.0 Å². The van der Waals surface area contributed by atoms with Gasteiger partial charge in [0.2, 0.25) is 0 Å². The quantitative estimate of drug-likeness (QED) is 0.378. The first-order chi connectivity index (χ1) is 13.7. The van der Waals surface area contributed by atoms with Crippen LogP contribution in [0.2, 0.25) is 0 Å². The highest BCUT2D eigenvalue weighted by Crippen LogP contribution is 2.27. The predicted molar refractivity (Wildman–Crippen MR) is 115 cm³/mol. The average Bonchev–Trinajstić information content (AvgIpc) is 3.31. The van der Waals surface area contributed by atoms with Crippen molar-refractivity contribution in [3.8, 4) is 0 Å². The van der Waals surface area contributed by atoms with Crippen molar-refractivity contribution in [1.82, 2.24) is 20.8 Å². The molecule has 2 aromatic rings. The van der Waals surface area contributed by atoms with E-state index in [2.05, 4.69) is 36.6 Å². The van der Waals surface area contributed by atoms with Crippen molar-refractivity contribution in [3.05, 3.63) is 32.6 Å². The van der Waals surface area contributed by atoms with Gasteiger partial charge < -0.3 is 15.2 Å². The third-order valence-electron chi connectivity index (χ3n) is 5.10. The van der Waals surface area contributed by atoms with Gasteiger partial charge in [0, 0.05) is 36.4 Å². The molecular weight excluding hydrogens is 370 g/mol. The maximum Gasteiger partial charge on any atom is 0.191 e. The fourth-order valence-electron chi connectivity index (χ4n) is 3.58. The van der Waals surface area contributed by atoms with Crippen molar-refractivity contribution in [3.63, 3.8) is 0 Å². The van der Waals surface area contributed by atoms with Crippen molar-refractivity contribution in [2.75, 3.05) is 13.1 Å². The lowest BCUT2D eigenvalue weighted by molar-refractivity contribution is 0.380. The molecule has 0 aromatic carbocycles. The van der Waals surface area contributed by atoms with Crippen LogP contribution in [0.25, 0.3) is 0 Å². The van der Waals surface area contributed by atoms with E-state index in [4.69, 9.17) is 14.5 Å². The molecular formula is C21H33N5OS. The van der Waals surface area contributed by atoms with Crippen LogP contribution >= 0.6 is 11.3 Å². The van der Waals surface area contributed by atoms with E-state index < -0.39 is 0 Å². The van der Waals surface area contributed by atoms with Gasteiger partial charge in [-0.3, -0.25) is 0 Å². The molecule has 2 aromatic heterocycles. The molecule has 154 valence electrons. The van der Waals surface area contributed by atoms with Crippen LogP contribution in [-0.2, 0) is 38.6 Å². The summed E-state index contributed by atoms with van der Waals surface area (Å²) in [6.07, 6.45) is 8.83. The van der Waals surface area contributed by atoms with E-state index in [1.54, 1.807) is 0 Å². The number of hydrogen-bond acceptors (Lipinski definition) is 5. The zero-order valence-electron chi connectivity index (χ0n) is 17.4. The number of nitrogens with zero attached hydrogens (tertiary/aromatic N) is 3. The first kappa shape index (κ1) is 20.8. The summed E-state index contributed by atoms with van der Waals surface area (Å²) in [5, 5.41) is 12.3. The van der Waals surface area contributed by atoms with Gasteiger partial charge in [0.25, 0.3) is 0 Å². The molecule has 6 nitrogen and oxygen atoms in total. The number of fused-ring (bicyclic) bond motifs is 1. The summed E-state index contributed by atoms with van der Waals surface area (Å²) < 4.78 is 5.44. The predicted octanol–water partition coefficient (Wildman–Crippen LogP) is 3.82. The monoisotopic (exact) mass is 403 g/mol. The van der Waals surface area contributed by atoms with Crippen LogP contribution in [0.5, 0.6) is 0 Å². The van der Waals surface area contributed by atoms with Gasteiger partial charge >= 0.3 is 0 Å². The molecule has 2 heterocycles. The summed E-state index contributed by atoms with van der Waals surface area (Å²) in [7, 11) is 0. The molecule has 1 aliphatic carbocycles. The minimum atomic E-state index is 0.602. The molecule has 7 heteroatoms. The van der Waals surface area contributed by atoms with Crippen LogP contribution in [-0.4, -0.2) is 29.2 Å². The van der Waals surface area contributed by atoms with Crippen LogP contribution in [0.15, 0.2) is 9.52 Å². The molecule has 0 atom stereocenters. The Labute approximate surface area is 172 Å². The molecule has 0 unspecified atom stereocenters. The number of aromatic nitrogens is 2. The minimum Gasteiger partial charge on any atom is -0.361 e. The fourth-order valence-corrected chi connectivity index (χ4v) is 4.77. The number of rotatable bonds is 9. The smallest absolute Gasteiger partial charge is 0.191 e. The summed E-state index contributed by atoms with van der Waals surface area (Å²) in [4.78, 5) is 11.1. The van der Waals surface area contributed by atoms with Gasteiger partial charge in [-0.2, -0.15) is 0 Å². The Hall–Kier alpha value is -1.89. The van der Waals surface area contributed by atoms with Gasteiger partial charge in [0.05, 0.1) is 22.9 Å². The average molecular weight is 404 g/mol. The van der Waals surface area contributed by atoms with E-state index in [0.717, 1.165) is 61.7 Å². The zero-order chi connectivity index (χ0) is 19.8. The van der Waals surface area contributed by atoms with Crippen LogP contribution in [0.1, 0.15) is 72.6 Å². The van der Waals surface area contributed by atoms with Crippen molar-refractivity contribution < 1.29 is 4.52 Å². The standard InChI is InChI=1S/C21H33N5OS/c1-4-16-15(18(5-2)27-26-16)14-24-21(22-6-3)23-13-9-12-20-25-17-10-7-8-11-19(17)28-20/h4-14H2,1-3H3,(H2,22,23,24). The van der Waals surface area contributed by atoms with E-state index in [9.17, 15) is 0 Å². The van der Waals surface area contributed by atoms with Crippen LogP contribution in [0.3, 0.4) is 0 Å². The van der Waals surface area contributed by atoms with Crippen LogP contribution in [0.4, 0.5) is 0 Å². The SMILES string of the molecule is CCNC(=NCc1c(CC)noc1CC)NCCCc1nc2c(s1)CCCC2. The first-order valence-corrected chi connectivity index (χ1v) is 11.5. The molecule has 0 aliphatic heterocycles. The molecule has 0 radical (unpaired) electrons. The molecule has 3 rings (SSSR count). The van der Waals surface area contributed by atoms with E-state index in [1.807, 2.05) is 11.3 Å². The molecule has 0 spiro atoms. The van der Waals surface area contributed by atoms with Gasteiger partial charge in [-0.25, -0.2) is 9.98 Å². The van der Waals surface area contributed by atoms with Gasteiger partial charge in [-0.15, -0.1) is 11.3 Å². The minimum absolute atomic E-state index is 0.602.